The summed E-state index contributed by atoms with van der Waals surface area (Å²) in [6.07, 6.45) is -5.42. The van der Waals surface area contributed by atoms with Gasteiger partial charge in [0.15, 0.2) is 30.0 Å². The number of aryl methyl sites for hydroxylation is 1. The number of hydrogen-bond acceptors (Lipinski definition) is 11. The second-order valence-corrected chi connectivity index (χ2v) is 9.59. The van der Waals surface area contributed by atoms with E-state index in [9.17, 15) is 30.0 Å². The second kappa shape index (κ2) is 14.8. The van der Waals surface area contributed by atoms with Gasteiger partial charge in [-0.05, 0) is 49.1 Å². The monoisotopic (exact) mass is 559 g/mol. The number of phenolic OH excluding ortho intramolecular Hbond substituents is 1. The highest BCUT2D eigenvalue weighted by Gasteiger charge is 2.49. The lowest BCUT2D eigenvalue weighted by Crippen LogP contribution is -2.62. The minimum absolute atomic E-state index is 0.0342. The number of ether oxygens (including phenoxy) is 4. The number of aromatic hydroxyl groups is 1. The lowest BCUT2D eigenvalue weighted by atomic mass is 9.97. The molecule has 1 saturated heterocycles. The van der Waals surface area contributed by atoms with Crippen molar-refractivity contribution in [3.05, 3.63) is 65.2 Å². The Morgan fingerprint density at radius 3 is 2.48 bits per heavy atom. The predicted molar refractivity (Wildman–Crippen MR) is 144 cm³/mol. The van der Waals surface area contributed by atoms with Crippen LogP contribution in [0.2, 0.25) is 0 Å². The van der Waals surface area contributed by atoms with Crippen molar-refractivity contribution in [1.82, 2.24) is 5.32 Å². The number of aliphatic hydroxyl groups excluding tert-OH is 3. The molecule has 1 heterocycles. The average Bonchev–Trinajstić information content (AvgIpc) is 2.92. The maximum atomic E-state index is 13.5. The van der Waals surface area contributed by atoms with Crippen LogP contribution >= 0.6 is 0 Å². The van der Waals surface area contributed by atoms with Gasteiger partial charge in [0.2, 0.25) is 0 Å². The quantitative estimate of drug-likeness (QED) is 0.188. The molecule has 0 saturated carbocycles. The van der Waals surface area contributed by atoms with E-state index >= 15 is 0 Å². The predicted octanol–water partition coefficient (Wildman–Crippen LogP) is 1.31. The van der Waals surface area contributed by atoms with Crippen molar-refractivity contribution in [2.24, 2.45) is 0 Å². The lowest BCUT2D eigenvalue weighted by Gasteiger charge is -2.41. The molecular formula is C29H37NO10. The molecule has 0 aliphatic carbocycles. The number of nitrogens with one attached hydrogen (secondary N) is 1. The summed E-state index contributed by atoms with van der Waals surface area (Å²) in [5, 5.41) is 43.9. The van der Waals surface area contributed by atoms with Gasteiger partial charge < -0.3 is 44.7 Å². The zero-order valence-electron chi connectivity index (χ0n) is 22.7. The average molecular weight is 560 g/mol. The van der Waals surface area contributed by atoms with E-state index in [1.54, 1.807) is 25.1 Å². The molecule has 3 rings (SSSR count). The first-order chi connectivity index (χ1) is 19.1. The van der Waals surface area contributed by atoms with Crippen molar-refractivity contribution in [2.45, 2.75) is 63.5 Å². The fraction of sp³-hybridized carbons (Fsp3) is 0.448. The maximum absolute atomic E-state index is 13.5. The normalized spacial score (nSPS) is 23.8. The summed E-state index contributed by atoms with van der Waals surface area (Å²) in [7, 11) is 1.41. The molecule has 0 bridgehead atoms. The first-order valence-corrected chi connectivity index (χ1v) is 13.0. The highest BCUT2D eigenvalue weighted by Crippen LogP contribution is 2.29. The third-order valence-corrected chi connectivity index (χ3v) is 6.30. The first kappa shape index (κ1) is 31.1. The molecule has 0 aromatic heterocycles. The van der Waals surface area contributed by atoms with Gasteiger partial charge in [0, 0.05) is 25.6 Å². The largest absolute Gasteiger partial charge is 0.504 e. The molecule has 0 spiro atoms. The van der Waals surface area contributed by atoms with Crippen LogP contribution in [-0.2, 0) is 30.2 Å². The molecule has 218 valence electrons. The van der Waals surface area contributed by atoms with Crippen LogP contribution in [0, 0.1) is 0 Å². The number of esters is 2. The second-order valence-electron chi connectivity index (χ2n) is 9.59. The third-order valence-electron chi connectivity index (χ3n) is 6.30. The molecule has 1 aliphatic rings. The lowest BCUT2D eigenvalue weighted by molar-refractivity contribution is -0.287. The number of carbonyl (C=O) groups is 2. The zero-order chi connectivity index (χ0) is 29.2. The number of phenols is 1. The standard InChI is InChI=1S/C29H37NO10/c1-17(31)15-30-16-24-25(34)26(38-18(2)32)27(29(36)39-24)40-28(35)21(11-9-19-7-5-4-6-8-19)13-20-10-12-22(33)23(14-20)37-3/h4-8,10,12-14,17,24-27,29-31,33-34,36H,9,11,15-16H2,1-3H3. The number of rotatable bonds is 12. The van der Waals surface area contributed by atoms with Crippen LogP contribution in [0.5, 0.6) is 11.5 Å². The van der Waals surface area contributed by atoms with Crippen LogP contribution in [0.1, 0.15) is 31.4 Å². The van der Waals surface area contributed by atoms with Gasteiger partial charge >= 0.3 is 11.9 Å². The topological polar surface area (TPSA) is 164 Å². The molecule has 6 unspecified atom stereocenters. The van der Waals surface area contributed by atoms with E-state index in [0.29, 0.717) is 12.0 Å². The Hall–Kier alpha value is -3.48. The maximum Gasteiger partial charge on any atom is 0.334 e. The van der Waals surface area contributed by atoms with Gasteiger partial charge in [0.1, 0.15) is 12.2 Å². The number of carbonyl (C=O) groups excluding carboxylic acids is 2. The van der Waals surface area contributed by atoms with E-state index in [4.69, 9.17) is 18.9 Å². The van der Waals surface area contributed by atoms with Crippen molar-refractivity contribution in [3.63, 3.8) is 0 Å². The molecule has 11 nitrogen and oxygen atoms in total. The molecule has 5 N–H and O–H groups in total. The van der Waals surface area contributed by atoms with Gasteiger partial charge in [0.25, 0.3) is 0 Å². The van der Waals surface area contributed by atoms with Gasteiger partial charge in [-0.15, -0.1) is 0 Å². The van der Waals surface area contributed by atoms with E-state index in [1.807, 2.05) is 30.3 Å². The Morgan fingerprint density at radius 1 is 1.10 bits per heavy atom. The van der Waals surface area contributed by atoms with E-state index in [2.05, 4.69) is 5.32 Å². The van der Waals surface area contributed by atoms with Crippen LogP contribution in [0.3, 0.4) is 0 Å². The summed E-state index contributed by atoms with van der Waals surface area (Å²) in [5.41, 5.74) is 1.75. The summed E-state index contributed by atoms with van der Waals surface area (Å²) in [5.74, 6) is -1.41. The molecule has 2 aromatic carbocycles. The van der Waals surface area contributed by atoms with Crippen molar-refractivity contribution in [1.29, 1.82) is 0 Å². The Labute approximate surface area is 233 Å². The van der Waals surface area contributed by atoms with Crippen molar-refractivity contribution < 1.29 is 49.0 Å². The van der Waals surface area contributed by atoms with E-state index < -0.39 is 48.7 Å². The number of hydrogen-bond donors (Lipinski definition) is 5. The minimum atomic E-state index is -1.71. The molecule has 0 amide bonds. The van der Waals surface area contributed by atoms with Crippen molar-refractivity contribution in [2.75, 3.05) is 20.2 Å². The van der Waals surface area contributed by atoms with Crippen molar-refractivity contribution in [3.8, 4) is 11.5 Å². The highest BCUT2D eigenvalue weighted by atomic mass is 16.7. The number of methoxy groups -OCH3 is 1. The Morgan fingerprint density at radius 2 is 1.82 bits per heavy atom. The minimum Gasteiger partial charge on any atom is -0.504 e. The Kier molecular flexibility index (Phi) is 11.5. The zero-order valence-corrected chi connectivity index (χ0v) is 22.7. The van der Waals surface area contributed by atoms with Gasteiger partial charge in [-0.25, -0.2) is 4.79 Å². The van der Waals surface area contributed by atoms with Crippen LogP contribution in [-0.4, -0.2) is 89.4 Å². The third kappa shape index (κ3) is 8.77. The van der Waals surface area contributed by atoms with Gasteiger partial charge in [-0.1, -0.05) is 36.4 Å². The molecular weight excluding hydrogens is 522 g/mol. The summed E-state index contributed by atoms with van der Waals surface area (Å²) in [6.45, 7) is 2.95. The summed E-state index contributed by atoms with van der Waals surface area (Å²) < 4.78 is 21.6. The van der Waals surface area contributed by atoms with Crippen LogP contribution in [0.4, 0.5) is 0 Å². The summed E-state index contributed by atoms with van der Waals surface area (Å²) in [6, 6.07) is 14.1. The van der Waals surface area contributed by atoms with Crippen LogP contribution in [0.25, 0.3) is 6.08 Å². The molecule has 11 heteroatoms. The van der Waals surface area contributed by atoms with Crippen LogP contribution < -0.4 is 10.1 Å². The fourth-order valence-corrected chi connectivity index (χ4v) is 4.30. The smallest absolute Gasteiger partial charge is 0.334 e. The van der Waals surface area contributed by atoms with Crippen LogP contribution in [0.15, 0.2) is 54.1 Å². The highest BCUT2D eigenvalue weighted by molar-refractivity contribution is 5.94. The van der Waals surface area contributed by atoms with Gasteiger partial charge in [-0.3, -0.25) is 4.79 Å². The molecule has 0 radical (unpaired) electrons. The van der Waals surface area contributed by atoms with Gasteiger partial charge in [-0.2, -0.15) is 0 Å². The first-order valence-electron chi connectivity index (χ1n) is 13.0. The number of benzene rings is 2. The van der Waals surface area contributed by atoms with E-state index in [1.165, 1.54) is 13.2 Å². The Balaban J connectivity index is 1.85. The molecule has 1 aliphatic heterocycles. The SMILES string of the molecule is COc1cc(C=C(CCc2ccccc2)C(=O)OC2C(O)OC(CNCC(C)O)C(O)C2OC(C)=O)ccc1O. The van der Waals surface area contributed by atoms with E-state index in [-0.39, 0.29) is 36.6 Å². The van der Waals surface area contributed by atoms with Gasteiger partial charge in [0.05, 0.1) is 13.2 Å². The van der Waals surface area contributed by atoms with Crippen molar-refractivity contribution >= 4 is 18.0 Å². The molecule has 6 atom stereocenters. The molecule has 1 fully saturated rings. The Bertz CT molecular complexity index is 1150. The van der Waals surface area contributed by atoms with E-state index in [0.717, 1.165) is 12.5 Å². The summed E-state index contributed by atoms with van der Waals surface area (Å²) in [4.78, 5) is 25.3. The molecule has 40 heavy (non-hydrogen) atoms. The number of aliphatic hydroxyl groups is 3. The molecule has 2 aromatic rings. The fourth-order valence-electron chi connectivity index (χ4n) is 4.30. The summed E-state index contributed by atoms with van der Waals surface area (Å²) >= 11 is 0.